The standard InChI is InChI=1S/C19H13N5/c1-2-6-15-14(5-1)18(24-23-15)19-21-16-8-7-12(10-17(16)22-19)13-4-3-9-20-11-13/h1-11H,(H,21,22)(H,23,24). The van der Waals surface area contributed by atoms with E-state index in [0.29, 0.717) is 0 Å². The number of rotatable bonds is 2. The summed E-state index contributed by atoms with van der Waals surface area (Å²) in [6.45, 7) is 0. The Hall–Kier alpha value is -3.47. The fraction of sp³-hybridized carbons (Fsp3) is 0. The maximum atomic E-state index is 4.69. The van der Waals surface area contributed by atoms with Gasteiger partial charge in [0.05, 0.1) is 16.6 Å². The molecular formula is C19H13N5. The van der Waals surface area contributed by atoms with Crippen LogP contribution in [0.4, 0.5) is 0 Å². The smallest absolute Gasteiger partial charge is 0.159 e. The minimum atomic E-state index is 0.769. The van der Waals surface area contributed by atoms with Crippen LogP contribution in [0.3, 0.4) is 0 Å². The lowest BCUT2D eigenvalue weighted by Crippen LogP contribution is -1.81. The van der Waals surface area contributed by atoms with E-state index >= 15 is 0 Å². The number of aromatic nitrogens is 5. The molecule has 0 atom stereocenters. The van der Waals surface area contributed by atoms with Gasteiger partial charge in [-0.15, -0.1) is 0 Å². The first kappa shape index (κ1) is 13.0. The van der Waals surface area contributed by atoms with Crippen molar-refractivity contribution < 1.29 is 0 Å². The molecule has 3 heterocycles. The van der Waals surface area contributed by atoms with Crippen LogP contribution in [0.2, 0.25) is 0 Å². The molecule has 0 aliphatic heterocycles. The van der Waals surface area contributed by atoms with E-state index in [1.807, 2.05) is 48.7 Å². The number of nitrogens with zero attached hydrogens (tertiary/aromatic N) is 3. The number of nitrogens with one attached hydrogen (secondary N) is 2. The van der Waals surface area contributed by atoms with Gasteiger partial charge >= 0.3 is 0 Å². The van der Waals surface area contributed by atoms with Gasteiger partial charge in [-0.3, -0.25) is 10.1 Å². The number of para-hydroxylation sites is 1. The summed E-state index contributed by atoms with van der Waals surface area (Å²) in [6.07, 6.45) is 3.64. The van der Waals surface area contributed by atoms with Crippen molar-refractivity contribution >= 4 is 21.9 Å². The van der Waals surface area contributed by atoms with Gasteiger partial charge in [-0.2, -0.15) is 5.10 Å². The fourth-order valence-electron chi connectivity index (χ4n) is 2.98. The summed E-state index contributed by atoms with van der Waals surface area (Å²) in [6, 6.07) is 18.2. The van der Waals surface area contributed by atoms with Gasteiger partial charge in [-0.05, 0) is 29.8 Å². The quantitative estimate of drug-likeness (QED) is 0.514. The fourth-order valence-corrected chi connectivity index (χ4v) is 2.98. The molecule has 0 saturated carbocycles. The van der Waals surface area contributed by atoms with Crippen LogP contribution in [0.5, 0.6) is 0 Å². The number of hydrogen-bond donors (Lipinski definition) is 2. The van der Waals surface area contributed by atoms with Crippen LogP contribution in [0.1, 0.15) is 0 Å². The number of benzene rings is 2. The molecule has 0 aliphatic carbocycles. The highest BCUT2D eigenvalue weighted by Crippen LogP contribution is 2.28. The third kappa shape index (κ3) is 1.99. The molecule has 0 bridgehead atoms. The Balaban J connectivity index is 1.66. The third-order valence-corrected chi connectivity index (χ3v) is 4.17. The second-order valence-corrected chi connectivity index (χ2v) is 5.68. The Morgan fingerprint density at radius 2 is 1.79 bits per heavy atom. The highest BCUT2D eigenvalue weighted by atomic mass is 15.1. The minimum absolute atomic E-state index is 0.769. The molecule has 2 aromatic carbocycles. The second kappa shape index (κ2) is 5.03. The van der Waals surface area contributed by atoms with E-state index in [1.54, 1.807) is 6.20 Å². The van der Waals surface area contributed by atoms with Crippen molar-refractivity contribution in [1.29, 1.82) is 0 Å². The molecule has 5 nitrogen and oxygen atoms in total. The van der Waals surface area contributed by atoms with Gasteiger partial charge in [0.1, 0.15) is 5.69 Å². The van der Waals surface area contributed by atoms with Crippen LogP contribution in [0.25, 0.3) is 44.6 Å². The average molecular weight is 311 g/mol. The van der Waals surface area contributed by atoms with Gasteiger partial charge < -0.3 is 4.98 Å². The summed E-state index contributed by atoms with van der Waals surface area (Å²) < 4.78 is 0. The van der Waals surface area contributed by atoms with Gasteiger partial charge in [-0.25, -0.2) is 4.98 Å². The minimum Gasteiger partial charge on any atom is -0.337 e. The molecule has 5 heteroatoms. The lowest BCUT2D eigenvalue weighted by molar-refractivity contribution is 1.11. The first-order chi connectivity index (χ1) is 11.9. The van der Waals surface area contributed by atoms with Crippen molar-refractivity contribution in [2.75, 3.05) is 0 Å². The van der Waals surface area contributed by atoms with Crippen LogP contribution >= 0.6 is 0 Å². The Morgan fingerprint density at radius 1 is 0.833 bits per heavy atom. The summed E-state index contributed by atoms with van der Waals surface area (Å²) >= 11 is 0. The SMILES string of the molecule is c1cncc(-c2ccc3nc(-c4n[nH]c5ccccc45)[nH]c3c2)c1. The van der Waals surface area contributed by atoms with E-state index in [4.69, 9.17) is 0 Å². The van der Waals surface area contributed by atoms with Crippen molar-refractivity contribution in [2.24, 2.45) is 0 Å². The number of hydrogen-bond acceptors (Lipinski definition) is 3. The zero-order valence-electron chi connectivity index (χ0n) is 12.7. The Labute approximate surface area is 137 Å². The molecule has 5 aromatic rings. The zero-order valence-corrected chi connectivity index (χ0v) is 12.7. The molecule has 0 radical (unpaired) electrons. The molecule has 0 unspecified atom stereocenters. The van der Waals surface area contributed by atoms with Crippen LogP contribution in [-0.2, 0) is 0 Å². The largest absolute Gasteiger partial charge is 0.337 e. The number of pyridine rings is 1. The number of aromatic amines is 2. The third-order valence-electron chi connectivity index (χ3n) is 4.17. The van der Waals surface area contributed by atoms with Crippen LogP contribution in [0.15, 0.2) is 67.0 Å². The number of fused-ring (bicyclic) bond motifs is 2. The van der Waals surface area contributed by atoms with E-state index in [2.05, 4.69) is 37.3 Å². The maximum absolute atomic E-state index is 4.69. The molecule has 0 amide bonds. The number of imidazole rings is 1. The molecule has 2 N–H and O–H groups in total. The average Bonchev–Trinajstić information content (AvgIpc) is 3.25. The second-order valence-electron chi connectivity index (χ2n) is 5.68. The summed E-state index contributed by atoms with van der Waals surface area (Å²) in [5, 5.41) is 8.52. The van der Waals surface area contributed by atoms with Gasteiger partial charge in [0.2, 0.25) is 0 Å². The van der Waals surface area contributed by atoms with Crippen molar-refractivity contribution in [3.05, 3.63) is 67.0 Å². The Morgan fingerprint density at radius 3 is 2.71 bits per heavy atom. The summed E-state index contributed by atoms with van der Waals surface area (Å²) in [5.74, 6) is 0.769. The van der Waals surface area contributed by atoms with E-state index in [0.717, 1.165) is 44.6 Å². The van der Waals surface area contributed by atoms with Gasteiger partial charge in [0, 0.05) is 23.3 Å². The van der Waals surface area contributed by atoms with Crippen LogP contribution in [0, 0.1) is 0 Å². The predicted octanol–water partition coefficient (Wildman–Crippen LogP) is 4.17. The van der Waals surface area contributed by atoms with Gasteiger partial charge in [0.25, 0.3) is 0 Å². The Kier molecular flexibility index (Phi) is 2.72. The predicted molar refractivity (Wildman–Crippen MR) is 94.4 cm³/mol. The molecule has 0 fully saturated rings. The first-order valence-electron chi connectivity index (χ1n) is 7.72. The lowest BCUT2D eigenvalue weighted by Gasteiger charge is -1.99. The summed E-state index contributed by atoms with van der Waals surface area (Å²) in [4.78, 5) is 12.3. The van der Waals surface area contributed by atoms with Gasteiger partial charge in [0.15, 0.2) is 5.82 Å². The molecule has 0 aliphatic rings. The van der Waals surface area contributed by atoms with E-state index in [9.17, 15) is 0 Å². The van der Waals surface area contributed by atoms with Crippen molar-refractivity contribution in [3.63, 3.8) is 0 Å². The van der Waals surface area contributed by atoms with E-state index < -0.39 is 0 Å². The van der Waals surface area contributed by atoms with Crippen molar-refractivity contribution in [3.8, 4) is 22.6 Å². The summed E-state index contributed by atoms with van der Waals surface area (Å²) in [7, 11) is 0. The van der Waals surface area contributed by atoms with Crippen molar-refractivity contribution in [1.82, 2.24) is 25.1 Å². The maximum Gasteiger partial charge on any atom is 0.159 e. The molecule has 3 aromatic heterocycles. The zero-order chi connectivity index (χ0) is 15.9. The molecular weight excluding hydrogens is 298 g/mol. The highest BCUT2D eigenvalue weighted by Gasteiger charge is 2.12. The lowest BCUT2D eigenvalue weighted by atomic mass is 10.1. The monoisotopic (exact) mass is 311 g/mol. The van der Waals surface area contributed by atoms with E-state index in [-0.39, 0.29) is 0 Å². The highest BCUT2D eigenvalue weighted by molar-refractivity contribution is 5.93. The molecule has 5 rings (SSSR count). The van der Waals surface area contributed by atoms with E-state index in [1.165, 1.54) is 0 Å². The van der Waals surface area contributed by atoms with Crippen LogP contribution < -0.4 is 0 Å². The molecule has 0 spiro atoms. The molecule has 114 valence electrons. The van der Waals surface area contributed by atoms with Gasteiger partial charge in [-0.1, -0.05) is 30.3 Å². The topological polar surface area (TPSA) is 70.2 Å². The summed E-state index contributed by atoms with van der Waals surface area (Å²) in [5.41, 5.74) is 5.94. The van der Waals surface area contributed by atoms with Crippen LogP contribution in [-0.4, -0.2) is 25.1 Å². The van der Waals surface area contributed by atoms with Crippen molar-refractivity contribution in [2.45, 2.75) is 0 Å². The number of H-pyrrole nitrogens is 2. The molecule has 0 saturated heterocycles. The Bertz CT molecular complexity index is 1150. The normalized spacial score (nSPS) is 11.3. The first-order valence-corrected chi connectivity index (χ1v) is 7.72. The molecule has 24 heavy (non-hydrogen) atoms.